The molecule has 3 heterocycles. The molecule has 8 heteroatoms. The summed E-state index contributed by atoms with van der Waals surface area (Å²) in [6.07, 6.45) is 5.78. The fraction of sp³-hybridized carbons (Fsp3) is 0.300. The molecular formula is C20H23N7O. The van der Waals surface area contributed by atoms with Crippen molar-refractivity contribution in [2.24, 2.45) is 0 Å². The van der Waals surface area contributed by atoms with Crippen molar-refractivity contribution >= 4 is 29.0 Å². The number of hydrogen-bond acceptors (Lipinski definition) is 6. The summed E-state index contributed by atoms with van der Waals surface area (Å²) in [7, 11) is 0. The van der Waals surface area contributed by atoms with Gasteiger partial charge in [-0.15, -0.1) is 0 Å². The fourth-order valence-corrected chi connectivity index (χ4v) is 3.20. The van der Waals surface area contributed by atoms with Gasteiger partial charge in [-0.3, -0.25) is 9.48 Å². The number of nitrogens with one attached hydrogen (secondary N) is 2. The summed E-state index contributed by atoms with van der Waals surface area (Å²) in [6.45, 7) is 4.18. The molecule has 0 bridgehead atoms. The maximum absolute atomic E-state index is 12.0. The SMILES string of the molecule is Cc1cc(Nc2ccc(NC(=O)Cn3cccn3)cc2)nc(N2CCCC2)n1. The molecular weight excluding hydrogens is 354 g/mol. The number of aromatic nitrogens is 4. The van der Waals surface area contributed by atoms with Crippen molar-refractivity contribution < 1.29 is 4.79 Å². The van der Waals surface area contributed by atoms with Crippen LogP contribution in [0.25, 0.3) is 0 Å². The summed E-state index contributed by atoms with van der Waals surface area (Å²) in [4.78, 5) is 23.5. The third kappa shape index (κ3) is 4.46. The number of anilines is 4. The lowest BCUT2D eigenvalue weighted by atomic mass is 10.2. The minimum absolute atomic E-state index is 0.119. The molecule has 4 rings (SSSR count). The van der Waals surface area contributed by atoms with E-state index in [0.717, 1.165) is 41.9 Å². The van der Waals surface area contributed by atoms with Crippen molar-refractivity contribution in [1.29, 1.82) is 0 Å². The van der Waals surface area contributed by atoms with Crippen LogP contribution in [0, 0.1) is 6.92 Å². The number of hydrogen-bond donors (Lipinski definition) is 2. The predicted molar refractivity (Wildman–Crippen MR) is 109 cm³/mol. The summed E-state index contributed by atoms with van der Waals surface area (Å²) in [5.41, 5.74) is 2.57. The monoisotopic (exact) mass is 377 g/mol. The smallest absolute Gasteiger partial charge is 0.246 e. The van der Waals surface area contributed by atoms with E-state index in [2.05, 4.69) is 30.6 Å². The lowest BCUT2D eigenvalue weighted by molar-refractivity contribution is -0.116. The Balaban J connectivity index is 1.39. The van der Waals surface area contributed by atoms with Gasteiger partial charge in [0.1, 0.15) is 12.4 Å². The molecule has 1 fully saturated rings. The molecule has 8 nitrogen and oxygen atoms in total. The van der Waals surface area contributed by atoms with Gasteiger partial charge in [0, 0.05) is 48.6 Å². The molecule has 0 saturated carbocycles. The molecule has 1 amide bonds. The summed E-state index contributed by atoms with van der Waals surface area (Å²) in [6, 6.07) is 11.3. The Morgan fingerprint density at radius 3 is 2.57 bits per heavy atom. The number of aryl methyl sites for hydroxylation is 1. The van der Waals surface area contributed by atoms with Crippen LogP contribution in [0.4, 0.5) is 23.1 Å². The Hall–Kier alpha value is -3.42. The predicted octanol–water partition coefficient (Wildman–Crippen LogP) is 2.96. The van der Waals surface area contributed by atoms with E-state index in [0.29, 0.717) is 0 Å². The molecule has 0 atom stereocenters. The second kappa shape index (κ2) is 8.08. The Labute approximate surface area is 163 Å². The van der Waals surface area contributed by atoms with E-state index in [-0.39, 0.29) is 12.5 Å². The minimum atomic E-state index is -0.119. The van der Waals surface area contributed by atoms with Crippen molar-refractivity contribution in [3.05, 3.63) is 54.5 Å². The van der Waals surface area contributed by atoms with Crippen LogP contribution in [0.5, 0.6) is 0 Å². The number of nitrogens with zero attached hydrogens (tertiary/aromatic N) is 5. The highest BCUT2D eigenvalue weighted by Crippen LogP contribution is 2.22. The molecule has 3 aromatic rings. The maximum Gasteiger partial charge on any atom is 0.246 e. The second-order valence-corrected chi connectivity index (χ2v) is 6.84. The van der Waals surface area contributed by atoms with E-state index in [1.54, 1.807) is 23.1 Å². The number of rotatable bonds is 6. The molecule has 0 unspecified atom stereocenters. The van der Waals surface area contributed by atoms with Gasteiger partial charge < -0.3 is 15.5 Å². The van der Waals surface area contributed by atoms with E-state index in [4.69, 9.17) is 0 Å². The van der Waals surface area contributed by atoms with E-state index < -0.39 is 0 Å². The van der Waals surface area contributed by atoms with Crippen molar-refractivity contribution in [2.45, 2.75) is 26.3 Å². The highest BCUT2D eigenvalue weighted by molar-refractivity contribution is 5.90. The number of carbonyl (C=O) groups is 1. The highest BCUT2D eigenvalue weighted by Gasteiger charge is 2.16. The normalized spacial score (nSPS) is 13.5. The van der Waals surface area contributed by atoms with Gasteiger partial charge in [-0.1, -0.05) is 0 Å². The third-order valence-electron chi connectivity index (χ3n) is 4.54. The summed E-state index contributed by atoms with van der Waals surface area (Å²) in [5, 5.41) is 10.2. The number of amides is 1. The average Bonchev–Trinajstić information content (AvgIpc) is 3.37. The van der Waals surface area contributed by atoms with Gasteiger partial charge in [0.25, 0.3) is 0 Å². The minimum Gasteiger partial charge on any atom is -0.341 e. The topological polar surface area (TPSA) is 88.0 Å². The summed E-state index contributed by atoms with van der Waals surface area (Å²) < 4.78 is 1.58. The van der Waals surface area contributed by atoms with Gasteiger partial charge >= 0.3 is 0 Å². The Bertz CT molecular complexity index is 932. The van der Waals surface area contributed by atoms with Gasteiger partial charge in [-0.25, -0.2) is 4.98 Å². The largest absolute Gasteiger partial charge is 0.341 e. The van der Waals surface area contributed by atoms with Gasteiger partial charge in [0.2, 0.25) is 11.9 Å². The van der Waals surface area contributed by atoms with Crippen LogP contribution in [0.3, 0.4) is 0 Å². The Morgan fingerprint density at radius 1 is 1.11 bits per heavy atom. The maximum atomic E-state index is 12.0. The van der Waals surface area contributed by atoms with E-state index in [1.807, 2.05) is 37.3 Å². The zero-order chi connectivity index (χ0) is 19.3. The number of benzene rings is 1. The van der Waals surface area contributed by atoms with Crippen LogP contribution >= 0.6 is 0 Å². The second-order valence-electron chi connectivity index (χ2n) is 6.84. The van der Waals surface area contributed by atoms with Crippen molar-refractivity contribution in [2.75, 3.05) is 28.6 Å². The number of carbonyl (C=O) groups excluding carboxylic acids is 1. The van der Waals surface area contributed by atoms with Gasteiger partial charge in [-0.2, -0.15) is 10.1 Å². The lowest BCUT2D eigenvalue weighted by Crippen LogP contribution is -2.21. The molecule has 1 aliphatic rings. The molecule has 1 aliphatic heterocycles. The highest BCUT2D eigenvalue weighted by atomic mass is 16.2. The van der Waals surface area contributed by atoms with Crippen LogP contribution in [-0.2, 0) is 11.3 Å². The van der Waals surface area contributed by atoms with E-state index in [1.165, 1.54) is 12.8 Å². The summed E-state index contributed by atoms with van der Waals surface area (Å²) >= 11 is 0. The molecule has 1 saturated heterocycles. The van der Waals surface area contributed by atoms with Crippen LogP contribution in [-0.4, -0.2) is 38.7 Å². The molecule has 2 aromatic heterocycles. The van der Waals surface area contributed by atoms with Crippen LogP contribution < -0.4 is 15.5 Å². The first-order valence-corrected chi connectivity index (χ1v) is 9.41. The van der Waals surface area contributed by atoms with Crippen LogP contribution in [0.1, 0.15) is 18.5 Å². The van der Waals surface area contributed by atoms with Gasteiger partial charge in [0.15, 0.2) is 0 Å². The van der Waals surface area contributed by atoms with E-state index in [9.17, 15) is 4.79 Å². The average molecular weight is 377 g/mol. The van der Waals surface area contributed by atoms with Crippen molar-refractivity contribution in [1.82, 2.24) is 19.7 Å². The van der Waals surface area contributed by atoms with Crippen LogP contribution in [0.2, 0.25) is 0 Å². The molecule has 144 valence electrons. The van der Waals surface area contributed by atoms with Gasteiger partial charge in [-0.05, 0) is 50.1 Å². The summed E-state index contributed by atoms with van der Waals surface area (Å²) in [5.74, 6) is 1.43. The van der Waals surface area contributed by atoms with Gasteiger partial charge in [0.05, 0.1) is 0 Å². The fourth-order valence-electron chi connectivity index (χ4n) is 3.20. The standard InChI is InChI=1S/C20H23N7O/c1-15-13-18(25-20(22-15)26-10-2-3-11-26)23-16-5-7-17(8-6-16)24-19(28)14-27-12-4-9-21-27/h4-9,12-13H,2-3,10-11,14H2,1H3,(H,24,28)(H,22,23,25). The van der Waals surface area contributed by atoms with Crippen LogP contribution in [0.15, 0.2) is 48.8 Å². The molecule has 28 heavy (non-hydrogen) atoms. The molecule has 2 N–H and O–H groups in total. The molecule has 0 spiro atoms. The molecule has 0 aliphatic carbocycles. The Morgan fingerprint density at radius 2 is 1.86 bits per heavy atom. The quantitative estimate of drug-likeness (QED) is 0.687. The molecule has 0 radical (unpaired) electrons. The zero-order valence-electron chi connectivity index (χ0n) is 15.8. The first-order chi connectivity index (χ1) is 13.7. The van der Waals surface area contributed by atoms with Crippen molar-refractivity contribution in [3.63, 3.8) is 0 Å². The lowest BCUT2D eigenvalue weighted by Gasteiger charge is -2.17. The molecule has 1 aromatic carbocycles. The Kier molecular flexibility index (Phi) is 5.18. The zero-order valence-corrected chi connectivity index (χ0v) is 15.8. The van der Waals surface area contributed by atoms with E-state index >= 15 is 0 Å². The first-order valence-electron chi connectivity index (χ1n) is 9.41. The third-order valence-corrected chi connectivity index (χ3v) is 4.54. The first kappa shape index (κ1) is 18.0. The van der Waals surface area contributed by atoms with Crippen molar-refractivity contribution in [3.8, 4) is 0 Å².